The van der Waals surface area contributed by atoms with E-state index in [1.54, 1.807) is 0 Å². The minimum absolute atomic E-state index is 0.0662. The fourth-order valence-electron chi connectivity index (χ4n) is 2.93. The molecule has 2 amide bonds. The Hall–Kier alpha value is -1.10. The fourth-order valence-corrected chi connectivity index (χ4v) is 2.93. The molecule has 0 aromatic heterocycles. The molecule has 0 saturated carbocycles. The van der Waals surface area contributed by atoms with E-state index in [0.717, 1.165) is 52.1 Å². The number of rotatable bonds is 3. The van der Waals surface area contributed by atoms with Crippen molar-refractivity contribution in [3.05, 3.63) is 0 Å². The van der Waals surface area contributed by atoms with Gasteiger partial charge in [-0.3, -0.25) is 14.5 Å². The second-order valence-corrected chi connectivity index (χ2v) is 6.20. The van der Waals surface area contributed by atoms with E-state index in [1.807, 2.05) is 23.6 Å². The Morgan fingerprint density at radius 1 is 0.850 bits per heavy atom. The molecule has 0 atom stereocenters. The molecule has 0 N–H and O–H groups in total. The molecule has 0 unspecified atom stereocenters. The maximum Gasteiger partial charge on any atom is 0.236 e. The van der Waals surface area contributed by atoms with Crippen LogP contribution in [0.25, 0.3) is 0 Å². The molecule has 5 nitrogen and oxygen atoms in total. The van der Waals surface area contributed by atoms with E-state index >= 15 is 0 Å². The number of hydrogen-bond acceptors (Lipinski definition) is 3. The van der Waals surface area contributed by atoms with Gasteiger partial charge in [0.15, 0.2) is 0 Å². The van der Waals surface area contributed by atoms with Gasteiger partial charge in [0.1, 0.15) is 0 Å². The quantitative estimate of drug-likeness (QED) is 0.768. The van der Waals surface area contributed by atoms with Crippen molar-refractivity contribution < 1.29 is 9.59 Å². The summed E-state index contributed by atoms with van der Waals surface area (Å²) in [5.41, 5.74) is 0. The molecule has 2 saturated heterocycles. The van der Waals surface area contributed by atoms with Gasteiger partial charge in [0.2, 0.25) is 11.8 Å². The first-order valence-electron chi connectivity index (χ1n) is 7.87. The van der Waals surface area contributed by atoms with Gasteiger partial charge in [0.25, 0.3) is 0 Å². The molecule has 0 aromatic carbocycles. The van der Waals surface area contributed by atoms with Gasteiger partial charge >= 0.3 is 0 Å². The highest BCUT2D eigenvalue weighted by Crippen LogP contribution is 2.11. The Morgan fingerprint density at radius 2 is 1.45 bits per heavy atom. The summed E-state index contributed by atoms with van der Waals surface area (Å²) < 4.78 is 0. The van der Waals surface area contributed by atoms with E-state index in [9.17, 15) is 9.59 Å². The monoisotopic (exact) mass is 281 g/mol. The summed E-state index contributed by atoms with van der Waals surface area (Å²) in [5.74, 6) is 0.553. The third-order valence-corrected chi connectivity index (χ3v) is 4.25. The average Bonchev–Trinajstić information content (AvgIpc) is 2.48. The standard InChI is InChI=1S/C15H27N3O2/c1-13(2)15(20)18-10-8-16(9-11-18)12-14(19)17-6-4-3-5-7-17/h13H,3-12H2,1-2H3. The zero-order valence-corrected chi connectivity index (χ0v) is 12.8. The van der Waals surface area contributed by atoms with Crippen LogP contribution in [0.3, 0.4) is 0 Å². The van der Waals surface area contributed by atoms with Crippen LogP contribution >= 0.6 is 0 Å². The molecule has 2 rings (SSSR count). The molecule has 2 aliphatic rings. The summed E-state index contributed by atoms with van der Waals surface area (Å²) in [6, 6.07) is 0. The van der Waals surface area contributed by atoms with Crippen molar-refractivity contribution in [1.82, 2.24) is 14.7 Å². The van der Waals surface area contributed by atoms with Crippen molar-refractivity contribution in [2.75, 3.05) is 45.8 Å². The Bertz CT molecular complexity index is 343. The van der Waals surface area contributed by atoms with Gasteiger partial charge in [0.05, 0.1) is 6.54 Å². The molecule has 2 fully saturated rings. The number of nitrogens with zero attached hydrogens (tertiary/aromatic N) is 3. The summed E-state index contributed by atoms with van der Waals surface area (Å²) in [5, 5.41) is 0. The summed E-state index contributed by atoms with van der Waals surface area (Å²) in [4.78, 5) is 30.2. The van der Waals surface area contributed by atoms with Gasteiger partial charge in [0, 0.05) is 45.2 Å². The van der Waals surface area contributed by atoms with E-state index in [4.69, 9.17) is 0 Å². The van der Waals surface area contributed by atoms with Crippen LogP contribution in [0, 0.1) is 5.92 Å². The first kappa shape index (κ1) is 15.3. The van der Waals surface area contributed by atoms with Gasteiger partial charge < -0.3 is 9.80 Å². The number of piperidine rings is 1. The van der Waals surface area contributed by atoms with Crippen LogP contribution in [0.5, 0.6) is 0 Å². The molecule has 0 bridgehead atoms. The van der Waals surface area contributed by atoms with Crippen LogP contribution in [-0.4, -0.2) is 72.3 Å². The number of carbonyl (C=O) groups excluding carboxylic acids is 2. The van der Waals surface area contributed by atoms with E-state index in [2.05, 4.69) is 4.90 Å². The van der Waals surface area contributed by atoms with Gasteiger partial charge in [-0.25, -0.2) is 0 Å². The van der Waals surface area contributed by atoms with Gasteiger partial charge in [-0.15, -0.1) is 0 Å². The number of likely N-dealkylation sites (tertiary alicyclic amines) is 1. The predicted molar refractivity (Wildman–Crippen MR) is 78.3 cm³/mol. The average molecular weight is 281 g/mol. The predicted octanol–water partition coefficient (Wildman–Crippen LogP) is 0.799. The van der Waals surface area contributed by atoms with E-state index in [0.29, 0.717) is 6.54 Å². The fraction of sp³-hybridized carbons (Fsp3) is 0.867. The van der Waals surface area contributed by atoms with Crippen molar-refractivity contribution >= 4 is 11.8 Å². The zero-order chi connectivity index (χ0) is 14.5. The number of hydrogen-bond donors (Lipinski definition) is 0. The lowest BCUT2D eigenvalue weighted by Crippen LogP contribution is -2.52. The first-order chi connectivity index (χ1) is 9.58. The highest BCUT2D eigenvalue weighted by molar-refractivity contribution is 5.79. The molecule has 2 heterocycles. The van der Waals surface area contributed by atoms with Crippen molar-refractivity contribution in [3.63, 3.8) is 0 Å². The van der Waals surface area contributed by atoms with Crippen LogP contribution in [0.15, 0.2) is 0 Å². The SMILES string of the molecule is CC(C)C(=O)N1CCN(CC(=O)N2CCCCC2)CC1. The van der Waals surface area contributed by atoms with Crippen LogP contribution in [0.1, 0.15) is 33.1 Å². The third kappa shape index (κ3) is 3.95. The maximum atomic E-state index is 12.2. The molecule has 2 aliphatic heterocycles. The summed E-state index contributed by atoms with van der Waals surface area (Å²) >= 11 is 0. The number of amides is 2. The molecule has 0 spiro atoms. The van der Waals surface area contributed by atoms with Crippen LogP contribution < -0.4 is 0 Å². The molecular formula is C15H27N3O2. The third-order valence-electron chi connectivity index (χ3n) is 4.25. The molecular weight excluding hydrogens is 254 g/mol. The van der Waals surface area contributed by atoms with Crippen LogP contribution in [-0.2, 0) is 9.59 Å². The molecule has 0 radical (unpaired) electrons. The largest absolute Gasteiger partial charge is 0.342 e. The normalized spacial score (nSPS) is 21.4. The first-order valence-corrected chi connectivity index (χ1v) is 7.87. The summed E-state index contributed by atoms with van der Waals surface area (Å²) in [6.07, 6.45) is 3.53. The zero-order valence-electron chi connectivity index (χ0n) is 12.8. The second kappa shape index (κ2) is 7.07. The Balaban J connectivity index is 1.73. The maximum absolute atomic E-state index is 12.2. The van der Waals surface area contributed by atoms with E-state index in [-0.39, 0.29) is 17.7 Å². The van der Waals surface area contributed by atoms with Crippen molar-refractivity contribution in [2.45, 2.75) is 33.1 Å². The van der Waals surface area contributed by atoms with Crippen LogP contribution in [0.2, 0.25) is 0 Å². The molecule has 0 aromatic rings. The number of carbonyl (C=O) groups is 2. The highest BCUT2D eigenvalue weighted by atomic mass is 16.2. The van der Waals surface area contributed by atoms with Gasteiger partial charge in [-0.2, -0.15) is 0 Å². The molecule has 114 valence electrons. The minimum Gasteiger partial charge on any atom is -0.342 e. The van der Waals surface area contributed by atoms with E-state index in [1.165, 1.54) is 6.42 Å². The van der Waals surface area contributed by atoms with Crippen molar-refractivity contribution in [1.29, 1.82) is 0 Å². The molecule has 20 heavy (non-hydrogen) atoms. The Kier molecular flexibility index (Phi) is 5.40. The van der Waals surface area contributed by atoms with Crippen molar-refractivity contribution in [3.8, 4) is 0 Å². The number of piperazine rings is 1. The second-order valence-electron chi connectivity index (χ2n) is 6.20. The summed E-state index contributed by atoms with van der Waals surface area (Å²) in [7, 11) is 0. The Labute approximate surface area is 121 Å². The van der Waals surface area contributed by atoms with E-state index < -0.39 is 0 Å². The molecule has 5 heteroatoms. The Morgan fingerprint density at radius 3 is 2.00 bits per heavy atom. The van der Waals surface area contributed by atoms with Crippen molar-refractivity contribution in [2.24, 2.45) is 5.92 Å². The lowest BCUT2D eigenvalue weighted by molar-refractivity contribution is -0.137. The minimum atomic E-state index is 0.0662. The molecule has 0 aliphatic carbocycles. The lowest BCUT2D eigenvalue weighted by Gasteiger charge is -2.36. The topological polar surface area (TPSA) is 43.9 Å². The summed E-state index contributed by atoms with van der Waals surface area (Å²) in [6.45, 7) is 9.38. The van der Waals surface area contributed by atoms with Crippen LogP contribution in [0.4, 0.5) is 0 Å². The van der Waals surface area contributed by atoms with Gasteiger partial charge in [-0.1, -0.05) is 13.8 Å². The smallest absolute Gasteiger partial charge is 0.236 e. The lowest BCUT2D eigenvalue weighted by atomic mass is 10.1. The highest BCUT2D eigenvalue weighted by Gasteiger charge is 2.25. The van der Waals surface area contributed by atoms with Gasteiger partial charge in [-0.05, 0) is 19.3 Å².